The van der Waals surface area contributed by atoms with E-state index in [1.807, 2.05) is 20.8 Å². The molecule has 7 heteroatoms. The van der Waals surface area contributed by atoms with Crippen LogP contribution in [0.4, 0.5) is 8.78 Å². The largest absolute Gasteiger partial charge is 0.377 e. The van der Waals surface area contributed by atoms with Gasteiger partial charge in [0.05, 0.1) is 5.60 Å². The number of methoxy groups -OCH3 is 1. The van der Waals surface area contributed by atoms with Gasteiger partial charge in [0.15, 0.2) is 17.6 Å². The molecule has 0 spiro atoms. The highest BCUT2D eigenvalue weighted by Gasteiger charge is 2.17. The van der Waals surface area contributed by atoms with E-state index < -0.39 is 11.6 Å². The number of aliphatic imine (C=N–C) groups is 1. The van der Waals surface area contributed by atoms with Gasteiger partial charge in [-0.15, -0.1) is 24.0 Å². The zero-order chi connectivity index (χ0) is 16.8. The van der Waals surface area contributed by atoms with Gasteiger partial charge in [-0.25, -0.2) is 8.78 Å². The van der Waals surface area contributed by atoms with Crippen LogP contribution in [0.3, 0.4) is 0 Å². The lowest BCUT2D eigenvalue weighted by atomic mass is 10.0. The van der Waals surface area contributed by atoms with Crippen LogP contribution >= 0.6 is 24.0 Å². The molecule has 1 atom stereocenters. The summed E-state index contributed by atoms with van der Waals surface area (Å²) in [5.41, 5.74) is 0.433. The quantitative estimate of drug-likeness (QED) is 0.405. The number of ether oxygens (including phenoxy) is 1. The molecular formula is C16H26F2IN3O. The van der Waals surface area contributed by atoms with Gasteiger partial charge in [0.25, 0.3) is 0 Å². The molecule has 2 N–H and O–H groups in total. The van der Waals surface area contributed by atoms with Crippen molar-refractivity contribution < 1.29 is 13.5 Å². The summed E-state index contributed by atoms with van der Waals surface area (Å²) in [5.74, 6) is -1.000. The summed E-state index contributed by atoms with van der Waals surface area (Å²) in [6.07, 6.45) is 0. The van der Waals surface area contributed by atoms with Crippen LogP contribution in [0.5, 0.6) is 0 Å². The minimum absolute atomic E-state index is 0. The molecule has 1 aromatic rings. The first-order valence-electron chi connectivity index (χ1n) is 7.23. The van der Waals surface area contributed by atoms with E-state index in [1.165, 1.54) is 6.07 Å². The molecule has 4 nitrogen and oxygen atoms in total. The van der Waals surface area contributed by atoms with Crippen LogP contribution in [0.15, 0.2) is 23.2 Å². The maximum absolute atomic E-state index is 13.3. The molecule has 23 heavy (non-hydrogen) atoms. The first kappa shape index (κ1) is 22.0. The van der Waals surface area contributed by atoms with E-state index in [0.717, 1.165) is 11.6 Å². The van der Waals surface area contributed by atoms with Crippen molar-refractivity contribution >= 4 is 29.9 Å². The molecule has 0 saturated carbocycles. The molecule has 0 bridgehead atoms. The third-order valence-electron chi connectivity index (χ3n) is 3.55. The van der Waals surface area contributed by atoms with Crippen LogP contribution in [-0.4, -0.2) is 38.8 Å². The molecule has 0 aromatic heterocycles. The lowest BCUT2D eigenvalue weighted by Crippen LogP contribution is -2.46. The third-order valence-corrected chi connectivity index (χ3v) is 3.55. The molecule has 0 radical (unpaired) electrons. The van der Waals surface area contributed by atoms with Crippen molar-refractivity contribution in [3.63, 3.8) is 0 Å². The lowest BCUT2D eigenvalue weighted by molar-refractivity contribution is 0.0268. The summed E-state index contributed by atoms with van der Waals surface area (Å²) in [6, 6.07) is 3.97. The number of nitrogens with one attached hydrogen (secondary N) is 2. The van der Waals surface area contributed by atoms with Gasteiger partial charge in [0, 0.05) is 27.2 Å². The molecule has 1 unspecified atom stereocenters. The Balaban J connectivity index is 0.00000484. The van der Waals surface area contributed by atoms with Crippen LogP contribution in [0.2, 0.25) is 0 Å². The monoisotopic (exact) mass is 441 g/mol. The maximum Gasteiger partial charge on any atom is 0.191 e. The smallest absolute Gasteiger partial charge is 0.191 e. The standard InChI is InChI=1S/C16H25F2N3O.HI/c1-11(12-6-7-13(17)14(18)8-12)9-20-15(19-4)21-10-16(2,3)22-5;/h6-8,11H,9-10H2,1-5H3,(H2,19,20,21);1H. The van der Waals surface area contributed by atoms with Gasteiger partial charge in [-0.05, 0) is 37.5 Å². The van der Waals surface area contributed by atoms with E-state index in [2.05, 4.69) is 15.6 Å². The Labute approximate surface area is 154 Å². The van der Waals surface area contributed by atoms with Gasteiger partial charge in [0.1, 0.15) is 0 Å². The number of halogens is 3. The number of benzene rings is 1. The minimum atomic E-state index is -0.830. The van der Waals surface area contributed by atoms with E-state index in [4.69, 9.17) is 4.74 Å². The fraction of sp³-hybridized carbons (Fsp3) is 0.562. The summed E-state index contributed by atoms with van der Waals surface area (Å²) in [4.78, 5) is 4.13. The maximum atomic E-state index is 13.3. The van der Waals surface area contributed by atoms with Crippen molar-refractivity contribution in [2.24, 2.45) is 4.99 Å². The second-order valence-electron chi connectivity index (χ2n) is 5.85. The van der Waals surface area contributed by atoms with Crippen LogP contribution in [-0.2, 0) is 4.74 Å². The molecule has 1 rings (SSSR count). The van der Waals surface area contributed by atoms with E-state index in [-0.39, 0.29) is 35.5 Å². The second kappa shape index (κ2) is 10.0. The SMILES string of the molecule is CN=C(NCC(C)c1ccc(F)c(F)c1)NCC(C)(C)OC.I. The molecule has 132 valence electrons. The predicted molar refractivity (Wildman–Crippen MR) is 101 cm³/mol. The Morgan fingerprint density at radius 3 is 2.43 bits per heavy atom. The molecular weight excluding hydrogens is 415 g/mol. The Morgan fingerprint density at radius 2 is 1.91 bits per heavy atom. The van der Waals surface area contributed by atoms with Crippen LogP contribution in [0.25, 0.3) is 0 Å². The Hall–Kier alpha value is -0.960. The number of nitrogens with zero attached hydrogens (tertiary/aromatic N) is 1. The first-order chi connectivity index (χ1) is 10.3. The van der Waals surface area contributed by atoms with Gasteiger partial charge < -0.3 is 15.4 Å². The molecule has 0 heterocycles. The number of hydrogen-bond acceptors (Lipinski definition) is 2. The van der Waals surface area contributed by atoms with Gasteiger partial charge in [-0.3, -0.25) is 4.99 Å². The zero-order valence-corrected chi connectivity index (χ0v) is 16.6. The number of guanidine groups is 1. The van der Waals surface area contributed by atoms with E-state index in [9.17, 15) is 8.78 Å². The summed E-state index contributed by atoms with van der Waals surface area (Å²) >= 11 is 0. The fourth-order valence-electron chi connectivity index (χ4n) is 1.78. The van der Waals surface area contributed by atoms with E-state index >= 15 is 0 Å². The van der Waals surface area contributed by atoms with Gasteiger partial charge in [-0.2, -0.15) is 0 Å². The van der Waals surface area contributed by atoms with Crippen molar-refractivity contribution in [3.05, 3.63) is 35.4 Å². The second-order valence-corrected chi connectivity index (χ2v) is 5.85. The number of hydrogen-bond donors (Lipinski definition) is 2. The van der Waals surface area contributed by atoms with Gasteiger partial charge >= 0.3 is 0 Å². The summed E-state index contributed by atoms with van der Waals surface area (Å²) in [5, 5.41) is 6.33. The Kier molecular flexibility index (Phi) is 9.60. The van der Waals surface area contributed by atoms with Crippen LogP contribution < -0.4 is 10.6 Å². The number of rotatable bonds is 6. The topological polar surface area (TPSA) is 45.7 Å². The average molecular weight is 441 g/mol. The van der Waals surface area contributed by atoms with Crippen molar-refractivity contribution in [1.82, 2.24) is 10.6 Å². The van der Waals surface area contributed by atoms with Crippen molar-refractivity contribution in [1.29, 1.82) is 0 Å². The fourth-order valence-corrected chi connectivity index (χ4v) is 1.78. The first-order valence-corrected chi connectivity index (χ1v) is 7.23. The predicted octanol–water partition coefficient (Wildman–Crippen LogP) is 3.28. The normalized spacial score (nSPS) is 13.3. The minimum Gasteiger partial charge on any atom is -0.377 e. The van der Waals surface area contributed by atoms with Crippen molar-refractivity contribution in [3.8, 4) is 0 Å². The van der Waals surface area contributed by atoms with E-state index in [0.29, 0.717) is 19.0 Å². The molecule has 0 amide bonds. The summed E-state index contributed by atoms with van der Waals surface area (Å²) in [6.45, 7) is 7.03. The Bertz CT molecular complexity index is 524. The zero-order valence-electron chi connectivity index (χ0n) is 14.2. The van der Waals surface area contributed by atoms with Crippen molar-refractivity contribution in [2.75, 3.05) is 27.2 Å². The third kappa shape index (κ3) is 7.43. The summed E-state index contributed by atoms with van der Waals surface area (Å²) < 4.78 is 31.5. The highest BCUT2D eigenvalue weighted by atomic mass is 127. The highest BCUT2D eigenvalue weighted by Crippen LogP contribution is 2.17. The van der Waals surface area contributed by atoms with Gasteiger partial charge in [-0.1, -0.05) is 13.0 Å². The molecule has 0 fully saturated rings. The van der Waals surface area contributed by atoms with Crippen LogP contribution in [0, 0.1) is 11.6 Å². The van der Waals surface area contributed by atoms with Crippen molar-refractivity contribution in [2.45, 2.75) is 32.3 Å². The Morgan fingerprint density at radius 1 is 1.26 bits per heavy atom. The van der Waals surface area contributed by atoms with Gasteiger partial charge in [0.2, 0.25) is 0 Å². The lowest BCUT2D eigenvalue weighted by Gasteiger charge is -2.25. The summed E-state index contributed by atoms with van der Waals surface area (Å²) in [7, 11) is 3.33. The molecule has 0 aliphatic rings. The average Bonchev–Trinajstić information content (AvgIpc) is 2.49. The van der Waals surface area contributed by atoms with Crippen LogP contribution in [0.1, 0.15) is 32.3 Å². The molecule has 1 aromatic carbocycles. The van der Waals surface area contributed by atoms with E-state index in [1.54, 1.807) is 20.2 Å². The highest BCUT2D eigenvalue weighted by molar-refractivity contribution is 14.0. The molecule has 0 aliphatic heterocycles. The molecule has 0 saturated heterocycles. The molecule has 0 aliphatic carbocycles.